The van der Waals surface area contributed by atoms with Gasteiger partial charge in [0.05, 0.1) is 6.54 Å². The normalized spacial score (nSPS) is 18.0. The molecule has 0 saturated carbocycles. The first-order chi connectivity index (χ1) is 12.9. The third kappa shape index (κ3) is 4.93. The highest BCUT2D eigenvalue weighted by molar-refractivity contribution is 7.91. The summed E-state index contributed by atoms with van der Waals surface area (Å²) in [4.78, 5) is 11.0. The second-order valence-electron chi connectivity index (χ2n) is 6.08. The molecule has 1 aliphatic rings. The van der Waals surface area contributed by atoms with Crippen molar-refractivity contribution in [3.05, 3.63) is 41.2 Å². The molecule has 0 amide bonds. The fourth-order valence-electron chi connectivity index (χ4n) is 2.85. The van der Waals surface area contributed by atoms with Crippen LogP contribution >= 0.6 is 11.3 Å². The maximum absolute atomic E-state index is 13.9. The molecule has 0 aromatic carbocycles. The molecule has 1 unspecified atom stereocenters. The highest BCUT2D eigenvalue weighted by Gasteiger charge is 2.26. The van der Waals surface area contributed by atoms with Crippen LogP contribution in [0.15, 0.2) is 39.7 Å². The van der Waals surface area contributed by atoms with Crippen molar-refractivity contribution in [3.63, 3.8) is 0 Å². The van der Waals surface area contributed by atoms with Crippen LogP contribution in [0.25, 0.3) is 0 Å². The summed E-state index contributed by atoms with van der Waals surface area (Å²) in [5, 5.41) is 11.6. The van der Waals surface area contributed by atoms with E-state index in [0.717, 1.165) is 22.6 Å². The number of nitrogens with zero attached hydrogens (tertiary/aromatic N) is 3. The molecule has 0 aliphatic carbocycles. The molecule has 11 heteroatoms. The third-order valence-electron chi connectivity index (χ3n) is 4.14. The Kier molecular flexibility index (Phi) is 5.92. The minimum atomic E-state index is -3.68. The van der Waals surface area contributed by atoms with Crippen molar-refractivity contribution in [1.29, 1.82) is 0 Å². The molecule has 2 aromatic rings. The Hall–Kier alpha value is -2.24. The Labute approximate surface area is 161 Å². The molecule has 1 atom stereocenters. The zero-order chi connectivity index (χ0) is 19.4. The number of guanidine groups is 1. The van der Waals surface area contributed by atoms with E-state index >= 15 is 0 Å². The Morgan fingerprint density at radius 1 is 1.48 bits per heavy atom. The van der Waals surface area contributed by atoms with Gasteiger partial charge in [0, 0.05) is 37.3 Å². The number of pyridine rings is 1. The number of rotatable bonds is 5. The van der Waals surface area contributed by atoms with Crippen LogP contribution in [-0.2, 0) is 16.6 Å². The fraction of sp³-hybridized carbons (Fsp3) is 0.375. The second kappa shape index (κ2) is 8.19. The number of hydrogen-bond donors (Lipinski definition) is 3. The summed E-state index contributed by atoms with van der Waals surface area (Å²) in [7, 11) is -2.02. The molecule has 0 bridgehead atoms. The van der Waals surface area contributed by atoms with Crippen molar-refractivity contribution in [2.24, 2.45) is 10.1 Å². The van der Waals surface area contributed by atoms with Gasteiger partial charge < -0.3 is 15.5 Å². The van der Waals surface area contributed by atoms with E-state index in [9.17, 15) is 12.8 Å². The van der Waals surface area contributed by atoms with E-state index in [2.05, 4.69) is 20.6 Å². The summed E-state index contributed by atoms with van der Waals surface area (Å²) in [6, 6.07) is 6.28. The van der Waals surface area contributed by atoms with Gasteiger partial charge in [0.25, 0.3) is 0 Å². The fourth-order valence-corrected chi connectivity index (χ4v) is 4.56. The summed E-state index contributed by atoms with van der Waals surface area (Å²) >= 11 is 1.12. The van der Waals surface area contributed by atoms with E-state index in [1.54, 1.807) is 25.4 Å². The van der Waals surface area contributed by atoms with Crippen LogP contribution in [0.1, 0.15) is 11.3 Å². The van der Waals surface area contributed by atoms with Gasteiger partial charge in [-0.15, -0.1) is 11.3 Å². The zero-order valence-electron chi connectivity index (χ0n) is 14.7. The molecule has 146 valence electrons. The maximum atomic E-state index is 13.9. The molecule has 8 nitrogen and oxygen atoms in total. The van der Waals surface area contributed by atoms with Gasteiger partial charge in [-0.3, -0.25) is 4.99 Å². The lowest BCUT2D eigenvalue weighted by molar-refractivity contribution is 0.599. The maximum Gasteiger partial charge on any atom is 0.247 e. The molecule has 3 heterocycles. The van der Waals surface area contributed by atoms with Gasteiger partial charge in [0.2, 0.25) is 10.0 Å². The molecular weight excluding hydrogens is 391 g/mol. The molecule has 4 N–H and O–H groups in total. The van der Waals surface area contributed by atoms with E-state index in [0.29, 0.717) is 31.4 Å². The Morgan fingerprint density at radius 2 is 2.30 bits per heavy atom. The van der Waals surface area contributed by atoms with Crippen LogP contribution in [0, 0.1) is 5.82 Å². The number of sulfonamides is 1. The average Bonchev–Trinajstić information content (AvgIpc) is 3.28. The van der Waals surface area contributed by atoms with Crippen molar-refractivity contribution >= 4 is 33.1 Å². The lowest BCUT2D eigenvalue weighted by Crippen LogP contribution is -2.44. The first kappa shape index (κ1) is 19.5. The van der Waals surface area contributed by atoms with Crippen LogP contribution in [-0.4, -0.2) is 45.5 Å². The molecule has 0 radical (unpaired) electrons. The number of thiophene rings is 1. The molecule has 3 rings (SSSR count). The topological polar surface area (TPSA) is 113 Å². The van der Waals surface area contributed by atoms with E-state index in [1.807, 2.05) is 4.90 Å². The van der Waals surface area contributed by atoms with Gasteiger partial charge >= 0.3 is 0 Å². The van der Waals surface area contributed by atoms with Crippen molar-refractivity contribution in [3.8, 4) is 0 Å². The molecule has 0 spiro atoms. The summed E-state index contributed by atoms with van der Waals surface area (Å²) in [6.07, 6.45) is 2.40. The zero-order valence-corrected chi connectivity index (χ0v) is 16.4. The van der Waals surface area contributed by atoms with Gasteiger partial charge in [0.1, 0.15) is 4.21 Å². The van der Waals surface area contributed by atoms with E-state index in [4.69, 9.17) is 5.14 Å². The predicted molar refractivity (Wildman–Crippen MR) is 104 cm³/mol. The van der Waals surface area contributed by atoms with Crippen LogP contribution in [0.4, 0.5) is 10.2 Å². The minimum Gasteiger partial charge on any atom is -0.352 e. The summed E-state index contributed by atoms with van der Waals surface area (Å²) in [5.41, 5.74) is 0. The molecule has 2 aromatic heterocycles. The highest BCUT2D eigenvalue weighted by Crippen LogP contribution is 2.21. The number of aliphatic imine (C=N–C) groups is 1. The number of anilines is 1. The first-order valence-corrected chi connectivity index (χ1v) is 10.7. The lowest BCUT2D eigenvalue weighted by Gasteiger charge is -2.19. The van der Waals surface area contributed by atoms with Crippen molar-refractivity contribution in [1.82, 2.24) is 15.6 Å². The van der Waals surface area contributed by atoms with Crippen LogP contribution in [0.3, 0.4) is 0 Å². The molecule has 27 heavy (non-hydrogen) atoms. The van der Waals surface area contributed by atoms with Crippen molar-refractivity contribution < 1.29 is 12.8 Å². The number of nitrogens with two attached hydrogens (primary N) is 1. The Morgan fingerprint density at radius 3 is 2.96 bits per heavy atom. The summed E-state index contributed by atoms with van der Waals surface area (Å²) < 4.78 is 36.7. The lowest BCUT2D eigenvalue weighted by atomic mass is 10.3. The molecule has 1 aliphatic heterocycles. The van der Waals surface area contributed by atoms with Gasteiger partial charge in [-0.25, -0.2) is 22.9 Å². The van der Waals surface area contributed by atoms with E-state index in [1.165, 1.54) is 12.1 Å². The largest absolute Gasteiger partial charge is 0.352 e. The van der Waals surface area contributed by atoms with Crippen LogP contribution in [0.5, 0.6) is 0 Å². The van der Waals surface area contributed by atoms with Crippen LogP contribution < -0.4 is 20.7 Å². The molecular formula is C16H21FN6O2S2. The third-order valence-corrected chi connectivity index (χ3v) is 6.66. The number of nitrogens with one attached hydrogen (secondary N) is 2. The highest BCUT2D eigenvalue weighted by atomic mass is 32.2. The standard InChI is InChI=1S/C16H21FN6O2S2/c1-19-16(21-9-12-4-5-14(26-12)27(18,24)25)22-11-6-8-23(10-11)15-13(17)3-2-7-20-15/h2-5,7,11H,6,8-10H2,1H3,(H2,18,24,25)(H2,19,21,22). The van der Waals surface area contributed by atoms with Gasteiger partial charge in [-0.05, 0) is 30.7 Å². The quantitative estimate of drug-likeness (QED) is 0.496. The summed E-state index contributed by atoms with van der Waals surface area (Å²) in [6.45, 7) is 1.74. The van der Waals surface area contributed by atoms with Crippen LogP contribution in [0.2, 0.25) is 0 Å². The number of aromatic nitrogens is 1. The Balaban J connectivity index is 1.54. The van der Waals surface area contributed by atoms with E-state index in [-0.39, 0.29) is 16.1 Å². The Bertz CT molecular complexity index is 930. The smallest absolute Gasteiger partial charge is 0.247 e. The molecule has 1 saturated heterocycles. The van der Waals surface area contributed by atoms with Gasteiger partial charge in [0.15, 0.2) is 17.6 Å². The van der Waals surface area contributed by atoms with Gasteiger partial charge in [-0.2, -0.15) is 0 Å². The monoisotopic (exact) mass is 412 g/mol. The number of primary sulfonamides is 1. The average molecular weight is 413 g/mol. The summed E-state index contributed by atoms with van der Waals surface area (Å²) in [5.74, 6) is 0.622. The van der Waals surface area contributed by atoms with Crippen molar-refractivity contribution in [2.75, 3.05) is 25.0 Å². The minimum absolute atomic E-state index is 0.0981. The first-order valence-electron chi connectivity index (χ1n) is 8.31. The number of halogens is 1. The van der Waals surface area contributed by atoms with E-state index < -0.39 is 10.0 Å². The van der Waals surface area contributed by atoms with Gasteiger partial charge in [-0.1, -0.05) is 0 Å². The predicted octanol–water partition coefficient (Wildman–Crippen LogP) is 0.874. The SMILES string of the molecule is CN=C(NCc1ccc(S(N)(=O)=O)s1)NC1CCN(c2ncccc2F)C1. The number of hydrogen-bond acceptors (Lipinski definition) is 6. The van der Waals surface area contributed by atoms with Crippen molar-refractivity contribution in [2.45, 2.75) is 23.2 Å². The molecule has 1 fully saturated rings. The second-order valence-corrected chi connectivity index (χ2v) is 9.03.